The summed E-state index contributed by atoms with van der Waals surface area (Å²) in [4.78, 5) is 0. The number of hydrogen-bond donors (Lipinski definition) is 1. The van der Waals surface area contributed by atoms with Gasteiger partial charge in [-0.25, -0.2) is 0 Å². The molecule has 2 rings (SSSR count). The van der Waals surface area contributed by atoms with Crippen molar-refractivity contribution >= 4 is 5.57 Å². The largest absolute Gasteiger partial charge is 0.405 e. The second-order valence-electron chi connectivity index (χ2n) is 7.98. The average molecular weight is 378 g/mol. The third-order valence-electron chi connectivity index (χ3n) is 5.85. The van der Waals surface area contributed by atoms with Crippen molar-refractivity contribution in [1.82, 2.24) is 0 Å². The van der Waals surface area contributed by atoms with Gasteiger partial charge in [-0.1, -0.05) is 63.3 Å². The third-order valence-corrected chi connectivity index (χ3v) is 5.85. The molecule has 2 unspecified atom stereocenters. The lowest BCUT2D eigenvalue weighted by molar-refractivity contribution is 0.421. The van der Waals surface area contributed by atoms with Gasteiger partial charge in [-0.3, -0.25) is 0 Å². The van der Waals surface area contributed by atoms with Crippen molar-refractivity contribution in [2.24, 2.45) is 23.0 Å². The topological polar surface area (TPSA) is 26.0 Å². The Labute approximate surface area is 173 Å². The van der Waals surface area contributed by atoms with E-state index >= 15 is 0 Å². The minimum Gasteiger partial charge on any atom is -0.405 e. The molecule has 0 bridgehead atoms. The Kier molecular flexibility index (Phi) is 10.5. The molecule has 2 N–H and O–H groups in total. The van der Waals surface area contributed by atoms with Gasteiger partial charge in [0.05, 0.1) is 0 Å². The maximum atomic E-state index is 5.69. The normalized spacial score (nSPS) is 17.8. The predicted molar refractivity (Wildman–Crippen MR) is 126 cm³/mol. The molecular formula is C27H39N. The van der Waals surface area contributed by atoms with E-state index in [9.17, 15) is 0 Å². The summed E-state index contributed by atoms with van der Waals surface area (Å²) in [6.45, 7) is 12.8. The van der Waals surface area contributed by atoms with Crippen LogP contribution in [0.15, 0.2) is 60.3 Å². The van der Waals surface area contributed by atoms with Crippen LogP contribution in [-0.2, 0) is 0 Å². The average Bonchev–Trinajstić information content (AvgIpc) is 3.48. The Hall–Kier alpha value is -2.20. The number of hydrogen-bond acceptors (Lipinski definition) is 1. The first kappa shape index (κ1) is 23.8. The summed E-state index contributed by atoms with van der Waals surface area (Å²) in [5.41, 5.74) is 10.3. The van der Waals surface area contributed by atoms with Crippen molar-refractivity contribution in [3.63, 3.8) is 0 Å². The summed E-state index contributed by atoms with van der Waals surface area (Å²) >= 11 is 0. The minimum absolute atomic E-state index is 0.367. The van der Waals surface area contributed by atoms with Gasteiger partial charge in [0.1, 0.15) is 0 Å². The maximum absolute atomic E-state index is 5.69. The molecule has 1 aliphatic rings. The highest BCUT2D eigenvalue weighted by Gasteiger charge is 2.40. The summed E-state index contributed by atoms with van der Waals surface area (Å²) in [5, 5.41) is 0. The van der Waals surface area contributed by atoms with Gasteiger partial charge in [0, 0.05) is 0 Å². The molecule has 1 fully saturated rings. The molecule has 2 atom stereocenters. The Morgan fingerprint density at radius 2 is 1.79 bits per heavy atom. The van der Waals surface area contributed by atoms with Gasteiger partial charge in [0.15, 0.2) is 0 Å². The molecule has 1 aliphatic carbocycles. The van der Waals surface area contributed by atoms with Crippen LogP contribution < -0.4 is 5.73 Å². The van der Waals surface area contributed by atoms with Gasteiger partial charge in [-0.05, 0) is 92.7 Å². The minimum atomic E-state index is 0.367. The molecule has 1 heteroatoms. The fourth-order valence-electron chi connectivity index (χ4n) is 3.51. The summed E-state index contributed by atoms with van der Waals surface area (Å²) in [5.74, 6) is 6.57. The van der Waals surface area contributed by atoms with Crippen LogP contribution in [0.2, 0.25) is 0 Å². The van der Waals surface area contributed by atoms with E-state index in [1.54, 1.807) is 6.20 Å². The SMILES string of the molecule is C/C=C(\CC(C)C(/C=C(\C=C/N)C1(C)CC1)CC)c1ccccc1.CC#CC. The Balaban J connectivity index is 0.000000892. The molecular weight excluding hydrogens is 338 g/mol. The fourth-order valence-corrected chi connectivity index (χ4v) is 3.51. The lowest BCUT2D eigenvalue weighted by atomic mass is 9.81. The van der Waals surface area contributed by atoms with Crippen LogP contribution in [0.1, 0.15) is 72.8 Å². The first-order chi connectivity index (χ1) is 13.4. The Morgan fingerprint density at radius 1 is 1.18 bits per heavy atom. The summed E-state index contributed by atoms with van der Waals surface area (Å²) in [6.07, 6.45) is 13.5. The summed E-state index contributed by atoms with van der Waals surface area (Å²) in [6, 6.07) is 10.8. The molecule has 0 spiro atoms. The van der Waals surface area contributed by atoms with Gasteiger partial charge < -0.3 is 5.73 Å². The van der Waals surface area contributed by atoms with E-state index in [2.05, 4.69) is 88.1 Å². The van der Waals surface area contributed by atoms with Gasteiger partial charge in [0.2, 0.25) is 0 Å². The molecule has 0 aromatic heterocycles. The lowest BCUT2D eigenvalue weighted by Crippen LogP contribution is -2.12. The van der Waals surface area contributed by atoms with E-state index < -0.39 is 0 Å². The van der Waals surface area contributed by atoms with Crippen molar-refractivity contribution in [3.05, 3.63) is 65.9 Å². The molecule has 0 amide bonds. The molecule has 28 heavy (non-hydrogen) atoms. The van der Waals surface area contributed by atoms with E-state index in [1.165, 1.54) is 36.0 Å². The molecule has 1 aromatic rings. The number of benzene rings is 1. The van der Waals surface area contributed by atoms with E-state index in [1.807, 2.05) is 13.8 Å². The maximum Gasteiger partial charge on any atom is -0.00271 e. The monoisotopic (exact) mass is 377 g/mol. The number of nitrogens with two attached hydrogens (primary N) is 1. The number of allylic oxidation sites excluding steroid dienone is 5. The van der Waals surface area contributed by atoms with Gasteiger partial charge >= 0.3 is 0 Å². The highest BCUT2D eigenvalue weighted by Crippen LogP contribution is 2.52. The molecule has 1 saturated carbocycles. The second kappa shape index (κ2) is 12.3. The Bertz CT molecular complexity index is 715. The van der Waals surface area contributed by atoms with Crippen LogP contribution in [-0.4, -0.2) is 0 Å². The van der Waals surface area contributed by atoms with Gasteiger partial charge in [-0.2, -0.15) is 0 Å². The molecule has 1 nitrogen and oxygen atoms in total. The van der Waals surface area contributed by atoms with E-state index in [4.69, 9.17) is 5.73 Å². The molecule has 1 aromatic carbocycles. The summed E-state index contributed by atoms with van der Waals surface area (Å²) in [7, 11) is 0. The van der Waals surface area contributed by atoms with Crippen molar-refractivity contribution in [2.75, 3.05) is 0 Å². The van der Waals surface area contributed by atoms with Crippen LogP contribution in [0.5, 0.6) is 0 Å². The first-order valence-electron chi connectivity index (χ1n) is 10.6. The molecule has 152 valence electrons. The second-order valence-corrected chi connectivity index (χ2v) is 7.98. The molecule has 0 heterocycles. The highest BCUT2D eigenvalue weighted by molar-refractivity contribution is 5.65. The first-order valence-corrected chi connectivity index (χ1v) is 10.6. The van der Waals surface area contributed by atoms with Gasteiger partial charge in [0.25, 0.3) is 0 Å². The lowest BCUT2D eigenvalue weighted by Gasteiger charge is -2.23. The zero-order valence-corrected chi connectivity index (χ0v) is 18.8. The molecule has 0 aliphatic heterocycles. The van der Waals surface area contributed by atoms with Crippen molar-refractivity contribution in [3.8, 4) is 11.8 Å². The third kappa shape index (κ3) is 7.43. The van der Waals surface area contributed by atoms with Crippen LogP contribution >= 0.6 is 0 Å². The van der Waals surface area contributed by atoms with E-state index in [-0.39, 0.29) is 0 Å². The standard InChI is InChI=1S/C23H33N.C4H6/c1-5-19(17-22(12-15-24)23(4)13-14-23)18(3)16-20(6-2)21-10-8-7-9-11-21;1-3-4-2/h6-12,15,17-19H,5,13-14,16,24H2,1-4H3;1-2H3/b15-12-,20-6+,22-17+;. The highest BCUT2D eigenvalue weighted by atomic mass is 14.5. The molecule has 0 radical (unpaired) electrons. The van der Waals surface area contributed by atoms with Crippen molar-refractivity contribution < 1.29 is 0 Å². The van der Waals surface area contributed by atoms with Gasteiger partial charge in [-0.15, -0.1) is 11.8 Å². The predicted octanol–water partition coefficient (Wildman–Crippen LogP) is 7.37. The van der Waals surface area contributed by atoms with Crippen LogP contribution in [0.25, 0.3) is 5.57 Å². The quantitative estimate of drug-likeness (QED) is 0.371. The Morgan fingerprint density at radius 3 is 2.21 bits per heavy atom. The number of rotatable bonds is 8. The summed E-state index contributed by atoms with van der Waals surface area (Å²) < 4.78 is 0. The van der Waals surface area contributed by atoms with E-state index in [0.29, 0.717) is 17.3 Å². The zero-order valence-electron chi connectivity index (χ0n) is 18.8. The van der Waals surface area contributed by atoms with Crippen LogP contribution in [0.4, 0.5) is 0 Å². The van der Waals surface area contributed by atoms with Crippen molar-refractivity contribution in [1.29, 1.82) is 0 Å². The van der Waals surface area contributed by atoms with Crippen molar-refractivity contribution in [2.45, 2.75) is 67.2 Å². The smallest absolute Gasteiger partial charge is 0.00271 e. The van der Waals surface area contributed by atoms with Crippen LogP contribution in [0, 0.1) is 29.1 Å². The molecule has 0 saturated heterocycles. The zero-order chi connectivity index (χ0) is 21.0. The van der Waals surface area contributed by atoms with E-state index in [0.717, 1.165) is 6.42 Å². The fraction of sp³-hybridized carbons (Fsp3) is 0.481. The van der Waals surface area contributed by atoms with Crippen LogP contribution in [0.3, 0.4) is 0 Å².